The number of nitriles is 1. The molecule has 9 rings (SSSR count). The number of nitrogens with one attached hydrogen (secondary N) is 1. The number of fused-ring (bicyclic) bond motifs is 5. The van der Waals surface area contributed by atoms with Crippen molar-refractivity contribution >= 4 is 43.1 Å². The van der Waals surface area contributed by atoms with Crippen molar-refractivity contribution in [3.63, 3.8) is 0 Å². The third kappa shape index (κ3) is 4.58. The molecule has 3 aliphatic heterocycles. The summed E-state index contributed by atoms with van der Waals surface area (Å²) in [4.78, 5) is 18.3. The van der Waals surface area contributed by atoms with Gasteiger partial charge in [0.15, 0.2) is 5.82 Å². The minimum atomic E-state index is -1.05. The molecule has 0 amide bonds. The van der Waals surface area contributed by atoms with Gasteiger partial charge < -0.3 is 25.4 Å². The zero-order valence-corrected chi connectivity index (χ0v) is 25.7. The number of halogens is 3. The normalized spacial score (nSPS) is 26.3. The first-order valence-corrected chi connectivity index (χ1v) is 16.6. The lowest BCUT2D eigenvalue weighted by atomic mass is 10.0. The number of nitrogens with zero attached hydrogens (tertiary/aromatic N) is 6. The molecular formula is C32H31F3N8O2S. The first-order valence-electron chi connectivity index (χ1n) is 15.8. The second kappa shape index (κ2) is 10.4. The maximum absolute atomic E-state index is 16.7. The van der Waals surface area contributed by atoms with Gasteiger partial charge in [-0.25, -0.2) is 13.2 Å². The van der Waals surface area contributed by atoms with Crippen LogP contribution in [0, 0.1) is 34.2 Å². The SMILES string of the molecule is N#Cc1c(N)sc2c(F)cc(F)c(-c3ncc4c(N5CC6CCC(C5)N6)nc(OCC5(CN6CCO[C@@H]7C[C@@H]76)CC5)nc4c3F)c12. The van der Waals surface area contributed by atoms with Crippen LogP contribution in [0.3, 0.4) is 0 Å². The smallest absolute Gasteiger partial charge is 0.319 e. The second-order valence-electron chi connectivity index (χ2n) is 13.4. The van der Waals surface area contributed by atoms with E-state index < -0.39 is 17.5 Å². The molecule has 3 saturated heterocycles. The van der Waals surface area contributed by atoms with Crippen molar-refractivity contribution in [2.45, 2.75) is 56.3 Å². The summed E-state index contributed by atoms with van der Waals surface area (Å²) in [6.07, 6.45) is 6.99. The number of nitrogens with two attached hydrogens (primary N) is 1. The molecule has 238 valence electrons. The van der Waals surface area contributed by atoms with Gasteiger partial charge in [0.1, 0.15) is 39.7 Å². The molecule has 5 aliphatic rings. The number of thiophene rings is 1. The van der Waals surface area contributed by atoms with Crippen LogP contribution in [-0.4, -0.2) is 83.5 Å². The Labute approximate surface area is 266 Å². The van der Waals surface area contributed by atoms with Crippen LogP contribution in [0.4, 0.5) is 24.0 Å². The predicted molar refractivity (Wildman–Crippen MR) is 166 cm³/mol. The Morgan fingerprint density at radius 3 is 2.74 bits per heavy atom. The molecule has 4 aromatic rings. The van der Waals surface area contributed by atoms with Crippen LogP contribution < -0.4 is 20.7 Å². The molecule has 3 aromatic heterocycles. The Bertz CT molecular complexity index is 1950. The lowest BCUT2D eigenvalue weighted by molar-refractivity contribution is 0.0179. The molecule has 4 atom stereocenters. The van der Waals surface area contributed by atoms with E-state index in [4.69, 9.17) is 20.2 Å². The van der Waals surface area contributed by atoms with Crippen molar-refractivity contribution in [2.24, 2.45) is 5.41 Å². The van der Waals surface area contributed by atoms with Crippen molar-refractivity contribution in [2.75, 3.05) is 50.0 Å². The number of nitrogen functional groups attached to an aromatic ring is 1. The summed E-state index contributed by atoms with van der Waals surface area (Å²) >= 11 is 0.811. The lowest BCUT2D eigenvalue weighted by Crippen LogP contribution is -2.51. The van der Waals surface area contributed by atoms with Gasteiger partial charge in [-0.05, 0) is 32.1 Å². The number of piperazine rings is 1. The first kappa shape index (κ1) is 28.5. The molecule has 3 N–H and O–H groups in total. The summed E-state index contributed by atoms with van der Waals surface area (Å²) in [5, 5.41) is 13.7. The molecule has 5 fully saturated rings. The summed E-state index contributed by atoms with van der Waals surface area (Å²) in [5.41, 5.74) is 5.06. The molecule has 2 unspecified atom stereocenters. The number of hydrogen-bond donors (Lipinski definition) is 2. The topological polar surface area (TPSA) is 125 Å². The van der Waals surface area contributed by atoms with E-state index in [1.165, 1.54) is 6.20 Å². The Morgan fingerprint density at radius 2 is 1.98 bits per heavy atom. The summed E-state index contributed by atoms with van der Waals surface area (Å²) in [6.45, 7) is 4.32. The van der Waals surface area contributed by atoms with Gasteiger partial charge in [0.2, 0.25) is 0 Å². The monoisotopic (exact) mass is 648 g/mol. The van der Waals surface area contributed by atoms with E-state index >= 15 is 8.78 Å². The van der Waals surface area contributed by atoms with E-state index in [1.54, 1.807) is 0 Å². The minimum absolute atomic E-state index is 0.0152. The minimum Gasteiger partial charge on any atom is -0.463 e. The largest absolute Gasteiger partial charge is 0.463 e. The van der Waals surface area contributed by atoms with Gasteiger partial charge >= 0.3 is 6.01 Å². The van der Waals surface area contributed by atoms with Crippen molar-refractivity contribution in [1.29, 1.82) is 5.26 Å². The number of morpholine rings is 1. The Hall–Kier alpha value is -3.77. The number of anilines is 2. The Kier molecular flexibility index (Phi) is 6.41. The second-order valence-corrected chi connectivity index (χ2v) is 14.5. The molecule has 2 bridgehead atoms. The van der Waals surface area contributed by atoms with E-state index in [0.29, 0.717) is 49.1 Å². The van der Waals surface area contributed by atoms with Crippen LogP contribution >= 0.6 is 11.3 Å². The van der Waals surface area contributed by atoms with Gasteiger partial charge in [-0.1, -0.05) is 0 Å². The van der Waals surface area contributed by atoms with Crippen LogP contribution in [0.1, 0.15) is 37.7 Å². The standard InChI is InChI=1S/C32H31F3N8O2S/c33-19-7-20(34)28-23(17(9-36)29(37)46-28)24(19)27-25(35)26-18(10-38-27)30(43-11-15-1-2-16(12-43)39-15)41-31(40-26)45-14-32(3-4-32)13-42-5-6-44-22-8-21(22)42/h7,10,15-16,21-22,39H,1-6,8,11-14,37H2/t15?,16?,21-,22+/m0/s1. The Morgan fingerprint density at radius 1 is 1.17 bits per heavy atom. The number of pyridine rings is 1. The summed E-state index contributed by atoms with van der Waals surface area (Å²) in [5.74, 6) is -2.32. The molecule has 46 heavy (non-hydrogen) atoms. The van der Waals surface area contributed by atoms with Crippen LogP contribution in [0.5, 0.6) is 6.01 Å². The van der Waals surface area contributed by atoms with Gasteiger partial charge in [0, 0.05) is 72.9 Å². The highest BCUT2D eigenvalue weighted by molar-refractivity contribution is 7.23. The van der Waals surface area contributed by atoms with Crippen LogP contribution in [0.25, 0.3) is 32.2 Å². The molecule has 6 heterocycles. The third-order valence-electron chi connectivity index (χ3n) is 10.3. The molecule has 1 aromatic carbocycles. The van der Waals surface area contributed by atoms with Gasteiger partial charge in [0.05, 0.1) is 35.0 Å². The van der Waals surface area contributed by atoms with Crippen molar-refractivity contribution in [3.05, 3.63) is 35.3 Å². The fraction of sp³-hybridized carbons (Fsp3) is 0.500. The fourth-order valence-electron chi connectivity index (χ4n) is 7.62. The number of rotatable bonds is 7. The summed E-state index contributed by atoms with van der Waals surface area (Å²) in [7, 11) is 0. The maximum Gasteiger partial charge on any atom is 0.319 e. The third-order valence-corrected chi connectivity index (χ3v) is 11.3. The summed E-state index contributed by atoms with van der Waals surface area (Å²) in [6, 6.07) is 3.69. The van der Waals surface area contributed by atoms with E-state index in [9.17, 15) is 9.65 Å². The fourth-order valence-corrected chi connectivity index (χ4v) is 8.55. The maximum atomic E-state index is 16.7. The lowest BCUT2D eigenvalue weighted by Gasteiger charge is -2.34. The van der Waals surface area contributed by atoms with E-state index in [2.05, 4.69) is 25.1 Å². The molecule has 0 radical (unpaired) electrons. The van der Waals surface area contributed by atoms with E-state index in [1.807, 2.05) is 6.07 Å². The van der Waals surface area contributed by atoms with E-state index in [-0.39, 0.29) is 60.9 Å². The number of hydrogen-bond acceptors (Lipinski definition) is 11. The average molecular weight is 649 g/mol. The van der Waals surface area contributed by atoms with Crippen molar-refractivity contribution in [1.82, 2.24) is 25.2 Å². The predicted octanol–water partition coefficient (Wildman–Crippen LogP) is 4.35. The molecular weight excluding hydrogens is 617 g/mol. The van der Waals surface area contributed by atoms with Gasteiger partial charge in [-0.15, -0.1) is 11.3 Å². The van der Waals surface area contributed by atoms with Crippen LogP contribution in [0.15, 0.2) is 12.3 Å². The number of aromatic nitrogens is 3. The highest BCUT2D eigenvalue weighted by Gasteiger charge is 2.52. The molecule has 10 nitrogen and oxygen atoms in total. The number of benzene rings is 1. The first-order chi connectivity index (χ1) is 22.3. The van der Waals surface area contributed by atoms with E-state index in [0.717, 1.165) is 63.1 Å². The quantitative estimate of drug-likeness (QED) is 0.299. The summed E-state index contributed by atoms with van der Waals surface area (Å²) < 4.78 is 59.1. The molecule has 2 saturated carbocycles. The van der Waals surface area contributed by atoms with Gasteiger partial charge in [0.25, 0.3) is 0 Å². The Balaban J connectivity index is 1.13. The van der Waals surface area contributed by atoms with Crippen LogP contribution in [0.2, 0.25) is 0 Å². The highest BCUT2D eigenvalue weighted by Crippen LogP contribution is 2.49. The molecule has 0 spiro atoms. The highest BCUT2D eigenvalue weighted by atomic mass is 32.1. The number of ether oxygens (including phenoxy) is 2. The van der Waals surface area contributed by atoms with Crippen molar-refractivity contribution in [3.8, 4) is 23.3 Å². The zero-order chi connectivity index (χ0) is 31.3. The zero-order valence-electron chi connectivity index (χ0n) is 24.9. The van der Waals surface area contributed by atoms with Gasteiger partial charge in [-0.2, -0.15) is 15.2 Å². The molecule has 14 heteroatoms. The molecule has 2 aliphatic carbocycles. The average Bonchev–Trinajstić information content (AvgIpc) is 3.95. The van der Waals surface area contributed by atoms with Gasteiger partial charge in [-0.3, -0.25) is 9.88 Å². The van der Waals surface area contributed by atoms with Crippen LogP contribution in [-0.2, 0) is 4.74 Å². The van der Waals surface area contributed by atoms with Crippen molar-refractivity contribution < 1.29 is 22.6 Å².